The van der Waals surface area contributed by atoms with E-state index in [1.807, 2.05) is 6.92 Å². The van der Waals surface area contributed by atoms with Crippen molar-refractivity contribution >= 4 is 60.9 Å². The lowest BCUT2D eigenvalue weighted by Gasteiger charge is -2.24. The van der Waals surface area contributed by atoms with E-state index in [9.17, 15) is 17.6 Å². The first-order valence-corrected chi connectivity index (χ1v) is 14.6. The Morgan fingerprint density at radius 3 is 2.53 bits per heavy atom. The predicted octanol–water partition coefficient (Wildman–Crippen LogP) is 5.80. The summed E-state index contributed by atoms with van der Waals surface area (Å²) in [6, 6.07) is 15.8. The number of sulfonamides is 1. The standard InChI is InChI=1S/C25H25BrClFN2O4S2/c1-17-6-8-18(9-7-17)30(36(32,33)19-10-11-24(34-2)21(26)14-19)15-25(31)29-12-13-35-16-20-22(27)4-3-5-23(20)28/h3-11,14H,12-13,15-16H2,1-2H3,(H,29,31). The number of aryl methyl sites for hydroxylation is 1. The molecule has 0 aliphatic rings. The number of nitrogens with zero attached hydrogens (tertiary/aromatic N) is 1. The molecule has 0 heterocycles. The van der Waals surface area contributed by atoms with Crippen LogP contribution >= 0.6 is 39.3 Å². The van der Waals surface area contributed by atoms with E-state index >= 15 is 0 Å². The number of anilines is 1. The van der Waals surface area contributed by atoms with Gasteiger partial charge in [0.2, 0.25) is 5.91 Å². The van der Waals surface area contributed by atoms with Crippen molar-refractivity contribution in [1.82, 2.24) is 5.32 Å². The highest BCUT2D eigenvalue weighted by Crippen LogP contribution is 2.31. The van der Waals surface area contributed by atoms with Gasteiger partial charge in [-0.3, -0.25) is 9.10 Å². The van der Waals surface area contributed by atoms with Gasteiger partial charge in [0, 0.05) is 28.6 Å². The lowest BCUT2D eigenvalue weighted by molar-refractivity contribution is -0.119. The molecule has 0 aromatic heterocycles. The molecule has 1 N–H and O–H groups in total. The van der Waals surface area contributed by atoms with Crippen LogP contribution in [0.1, 0.15) is 11.1 Å². The maximum atomic E-state index is 13.9. The van der Waals surface area contributed by atoms with E-state index in [1.54, 1.807) is 42.5 Å². The Morgan fingerprint density at radius 1 is 1.17 bits per heavy atom. The van der Waals surface area contributed by atoms with Gasteiger partial charge in [0.15, 0.2) is 0 Å². The molecule has 0 unspecified atom stereocenters. The number of hydrogen-bond acceptors (Lipinski definition) is 5. The fraction of sp³-hybridized carbons (Fsp3) is 0.240. The highest BCUT2D eigenvalue weighted by Gasteiger charge is 2.28. The van der Waals surface area contributed by atoms with Gasteiger partial charge in [0.05, 0.1) is 22.2 Å². The van der Waals surface area contributed by atoms with E-state index in [0.29, 0.717) is 38.0 Å². The van der Waals surface area contributed by atoms with Gasteiger partial charge in [-0.05, 0) is 65.3 Å². The van der Waals surface area contributed by atoms with Crippen LogP contribution in [0.3, 0.4) is 0 Å². The molecule has 0 aliphatic heterocycles. The molecule has 3 aromatic rings. The van der Waals surface area contributed by atoms with Gasteiger partial charge in [-0.15, -0.1) is 0 Å². The molecule has 1 amide bonds. The Morgan fingerprint density at radius 2 is 1.89 bits per heavy atom. The number of nitrogens with one attached hydrogen (secondary N) is 1. The van der Waals surface area contributed by atoms with Gasteiger partial charge in [0.1, 0.15) is 18.1 Å². The number of thioether (sulfide) groups is 1. The van der Waals surface area contributed by atoms with Crippen molar-refractivity contribution in [2.45, 2.75) is 17.6 Å². The number of benzene rings is 3. The van der Waals surface area contributed by atoms with Crippen molar-refractivity contribution in [2.24, 2.45) is 0 Å². The smallest absolute Gasteiger partial charge is 0.264 e. The van der Waals surface area contributed by atoms with Crippen LogP contribution in [0, 0.1) is 12.7 Å². The Balaban J connectivity index is 1.69. The Kier molecular flexibility index (Phi) is 10.1. The minimum Gasteiger partial charge on any atom is -0.496 e. The molecular weight excluding hydrogens is 591 g/mol. The van der Waals surface area contributed by atoms with E-state index in [-0.39, 0.29) is 17.3 Å². The minimum atomic E-state index is -4.06. The van der Waals surface area contributed by atoms with E-state index in [2.05, 4.69) is 21.2 Å². The average molecular weight is 616 g/mol. The molecule has 0 aliphatic carbocycles. The SMILES string of the molecule is COc1ccc(S(=O)(=O)N(CC(=O)NCCSCc2c(F)cccc2Cl)c2ccc(C)cc2)cc1Br. The maximum absolute atomic E-state index is 13.9. The highest BCUT2D eigenvalue weighted by atomic mass is 79.9. The van der Waals surface area contributed by atoms with E-state index in [0.717, 1.165) is 9.87 Å². The third-order valence-electron chi connectivity index (χ3n) is 5.20. The zero-order valence-corrected chi connectivity index (χ0v) is 23.6. The molecule has 0 spiro atoms. The Hall–Kier alpha value is -2.27. The summed E-state index contributed by atoms with van der Waals surface area (Å²) in [5, 5.41) is 3.10. The van der Waals surface area contributed by atoms with Gasteiger partial charge in [-0.2, -0.15) is 11.8 Å². The molecule has 0 atom stereocenters. The average Bonchev–Trinajstić information content (AvgIpc) is 2.84. The molecule has 0 radical (unpaired) electrons. The monoisotopic (exact) mass is 614 g/mol. The summed E-state index contributed by atoms with van der Waals surface area (Å²) < 4.78 is 47.7. The van der Waals surface area contributed by atoms with E-state index < -0.39 is 22.5 Å². The predicted molar refractivity (Wildman–Crippen MR) is 147 cm³/mol. The Labute approximate surface area is 228 Å². The molecule has 3 rings (SSSR count). The molecule has 3 aromatic carbocycles. The molecule has 0 saturated carbocycles. The molecule has 11 heteroatoms. The molecule has 0 fully saturated rings. The Bertz CT molecular complexity index is 1300. The summed E-state index contributed by atoms with van der Waals surface area (Å²) in [5.41, 5.74) is 1.74. The summed E-state index contributed by atoms with van der Waals surface area (Å²) in [4.78, 5) is 12.8. The maximum Gasteiger partial charge on any atom is 0.264 e. The number of methoxy groups -OCH3 is 1. The van der Waals surface area contributed by atoms with Gasteiger partial charge in [0.25, 0.3) is 10.0 Å². The summed E-state index contributed by atoms with van der Waals surface area (Å²) in [6.45, 7) is 1.77. The van der Waals surface area contributed by atoms with Crippen molar-refractivity contribution < 1.29 is 22.3 Å². The lowest BCUT2D eigenvalue weighted by atomic mass is 10.2. The first-order valence-electron chi connectivity index (χ1n) is 10.8. The highest BCUT2D eigenvalue weighted by molar-refractivity contribution is 9.10. The van der Waals surface area contributed by atoms with Crippen molar-refractivity contribution in [1.29, 1.82) is 0 Å². The van der Waals surface area contributed by atoms with E-state index in [4.69, 9.17) is 16.3 Å². The van der Waals surface area contributed by atoms with Crippen LogP contribution < -0.4 is 14.4 Å². The molecule has 0 bridgehead atoms. The van der Waals surface area contributed by atoms with Crippen molar-refractivity contribution in [2.75, 3.05) is 30.3 Å². The zero-order chi connectivity index (χ0) is 26.3. The number of hydrogen-bond donors (Lipinski definition) is 1. The lowest BCUT2D eigenvalue weighted by Crippen LogP contribution is -2.41. The van der Waals surface area contributed by atoms with Gasteiger partial charge in [-0.25, -0.2) is 12.8 Å². The van der Waals surface area contributed by atoms with Gasteiger partial charge in [-0.1, -0.05) is 35.4 Å². The summed E-state index contributed by atoms with van der Waals surface area (Å²) >= 11 is 10.8. The number of carbonyl (C=O) groups is 1. The fourth-order valence-electron chi connectivity index (χ4n) is 3.25. The third kappa shape index (κ3) is 7.15. The number of carbonyl (C=O) groups excluding carboxylic acids is 1. The van der Waals surface area contributed by atoms with Crippen LogP contribution in [0.2, 0.25) is 5.02 Å². The molecule has 36 heavy (non-hydrogen) atoms. The second-order valence-corrected chi connectivity index (χ2v) is 12.0. The molecule has 0 saturated heterocycles. The number of rotatable bonds is 11. The largest absolute Gasteiger partial charge is 0.496 e. The minimum absolute atomic E-state index is 0.0147. The van der Waals surface area contributed by atoms with Crippen LogP contribution in [0.5, 0.6) is 5.75 Å². The van der Waals surface area contributed by atoms with Crippen LogP contribution in [-0.4, -0.2) is 40.3 Å². The number of ether oxygens (including phenoxy) is 1. The van der Waals surface area contributed by atoms with Crippen LogP contribution in [0.4, 0.5) is 10.1 Å². The zero-order valence-electron chi connectivity index (χ0n) is 19.6. The van der Waals surface area contributed by atoms with Crippen LogP contribution in [-0.2, 0) is 20.6 Å². The normalized spacial score (nSPS) is 11.2. The third-order valence-corrected chi connectivity index (χ3v) is 8.93. The molecule has 192 valence electrons. The van der Waals surface area contributed by atoms with Crippen LogP contribution in [0.15, 0.2) is 70.0 Å². The number of amides is 1. The van der Waals surface area contributed by atoms with Gasteiger partial charge >= 0.3 is 0 Å². The first-order chi connectivity index (χ1) is 17.1. The van der Waals surface area contributed by atoms with Gasteiger partial charge < -0.3 is 10.1 Å². The van der Waals surface area contributed by atoms with E-state index in [1.165, 1.54) is 37.1 Å². The summed E-state index contributed by atoms with van der Waals surface area (Å²) in [5.74, 6) is 0.513. The van der Waals surface area contributed by atoms with Crippen molar-refractivity contribution in [3.8, 4) is 5.75 Å². The van der Waals surface area contributed by atoms with Crippen LogP contribution in [0.25, 0.3) is 0 Å². The molecule has 6 nitrogen and oxygen atoms in total. The topological polar surface area (TPSA) is 75.7 Å². The quantitative estimate of drug-likeness (QED) is 0.276. The second-order valence-electron chi connectivity index (χ2n) is 7.75. The molecular formula is C25H25BrClFN2O4S2. The number of halogens is 3. The second kappa shape index (κ2) is 12.8. The first kappa shape index (κ1) is 28.3. The summed E-state index contributed by atoms with van der Waals surface area (Å²) in [7, 11) is -2.58. The fourth-order valence-corrected chi connectivity index (χ4v) is 6.59. The van der Waals surface area contributed by atoms with Crippen molar-refractivity contribution in [3.63, 3.8) is 0 Å². The van der Waals surface area contributed by atoms with Crippen molar-refractivity contribution in [3.05, 3.63) is 87.1 Å². The summed E-state index contributed by atoms with van der Waals surface area (Å²) in [6.07, 6.45) is 0.